The van der Waals surface area contributed by atoms with E-state index in [9.17, 15) is 14.7 Å². The lowest BCUT2D eigenvalue weighted by atomic mass is 9.93. The van der Waals surface area contributed by atoms with Crippen molar-refractivity contribution in [2.45, 2.75) is 38.9 Å². The molecule has 3 atom stereocenters. The molecule has 3 unspecified atom stereocenters. The number of aliphatic hydroxyl groups excluding tert-OH is 2. The molecule has 1 radical (unpaired) electrons. The standard InChI is InChI=1S/C9H15O4/c1-3-4-8(12)7(5-10)9(13)6(2)11/h6-7,9,11,13H,3-4H2,1-2H3. The third-order valence-corrected chi connectivity index (χ3v) is 1.81. The summed E-state index contributed by atoms with van der Waals surface area (Å²) in [6.45, 7) is 3.13. The van der Waals surface area contributed by atoms with Crippen LogP contribution in [-0.2, 0) is 9.59 Å². The van der Waals surface area contributed by atoms with Crippen molar-refractivity contribution in [1.29, 1.82) is 0 Å². The first-order valence-corrected chi connectivity index (χ1v) is 4.31. The zero-order chi connectivity index (χ0) is 10.4. The molecule has 0 saturated heterocycles. The van der Waals surface area contributed by atoms with E-state index in [4.69, 9.17) is 5.11 Å². The highest BCUT2D eigenvalue weighted by Crippen LogP contribution is 2.10. The van der Waals surface area contributed by atoms with Gasteiger partial charge >= 0.3 is 0 Å². The third-order valence-electron chi connectivity index (χ3n) is 1.81. The van der Waals surface area contributed by atoms with E-state index in [-0.39, 0.29) is 12.2 Å². The Morgan fingerprint density at radius 1 is 1.46 bits per heavy atom. The number of aliphatic hydroxyl groups is 2. The van der Waals surface area contributed by atoms with Crippen molar-refractivity contribution in [3.05, 3.63) is 0 Å². The maximum absolute atomic E-state index is 11.2. The van der Waals surface area contributed by atoms with Crippen LogP contribution >= 0.6 is 0 Å². The van der Waals surface area contributed by atoms with E-state index in [0.717, 1.165) is 0 Å². The summed E-state index contributed by atoms with van der Waals surface area (Å²) < 4.78 is 0. The SMILES string of the molecule is CCCC(=O)C([C]=O)C(O)C(C)O. The van der Waals surface area contributed by atoms with Crippen molar-refractivity contribution in [2.24, 2.45) is 5.92 Å². The zero-order valence-electron chi connectivity index (χ0n) is 7.86. The van der Waals surface area contributed by atoms with E-state index in [1.165, 1.54) is 13.2 Å². The molecular weight excluding hydrogens is 172 g/mol. The Morgan fingerprint density at radius 3 is 2.31 bits per heavy atom. The van der Waals surface area contributed by atoms with E-state index in [0.29, 0.717) is 6.42 Å². The summed E-state index contributed by atoms with van der Waals surface area (Å²) in [4.78, 5) is 21.5. The second-order valence-electron chi connectivity index (χ2n) is 3.04. The van der Waals surface area contributed by atoms with Gasteiger partial charge in [0.05, 0.1) is 12.2 Å². The largest absolute Gasteiger partial charge is 0.391 e. The molecule has 4 nitrogen and oxygen atoms in total. The normalized spacial score (nSPS) is 17.5. The number of ketones is 1. The number of carbonyl (C=O) groups excluding carboxylic acids is 2. The van der Waals surface area contributed by atoms with E-state index in [1.807, 2.05) is 0 Å². The maximum Gasteiger partial charge on any atom is 0.212 e. The van der Waals surface area contributed by atoms with Crippen LogP contribution in [0.4, 0.5) is 0 Å². The lowest BCUT2D eigenvalue weighted by Crippen LogP contribution is -2.37. The molecule has 2 N–H and O–H groups in total. The summed E-state index contributed by atoms with van der Waals surface area (Å²) in [5.74, 6) is -1.58. The van der Waals surface area contributed by atoms with Gasteiger partial charge in [0.15, 0.2) is 0 Å². The summed E-state index contributed by atoms with van der Waals surface area (Å²) in [5.41, 5.74) is 0. The van der Waals surface area contributed by atoms with Gasteiger partial charge < -0.3 is 10.2 Å². The molecule has 0 amide bonds. The van der Waals surface area contributed by atoms with E-state index in [2.05, 4.69) is 0 Å². The highest BCUT2D eigenvalue weighted by atomic mass is 16.3. The summed E-state index contributed by atoms with van der Waals surface area (Å²) in [7, 11) is 0. The van der Waals surface area contributed by atoms with Gasteiger partial charge in [-0.3, -0.25) is 9.59 Å². The van der Waals surface area contributed by atoms with Gasteiger partial charge in [0.1, 0.15) is 11.7 Å². The Bertz CT molecular complexity index is 176. The lowest BCUT2D eigenvalue weighted by Gasteiger charge is -2.17. The Labute approximate surface area is 77.6 Å². The number of carbonyl (C=O) groups is 1. The number of rotatable bonds is 6. The summed E-state index contributed by atoms with van der Waals surface area (Å²) >= 11 is 0. The minimum Gasteiger partial charge on any atom is -0.391 e. The Morgan fingerprint density at radius 2 is 2.00 bits per heavy atom. The Balaban J connectivity index is 4.32. The average Bonchev–Trinajstić information content (AvgIpc) is 2.05. The lowest BCUT2D eigenvalue weighted by molar-refractivity contribution is -0.125. The van der Waals surface area contributed by atoms with Crippen LogP contribution in [0.1, 0.15) is 26.7 Å². The topological polar surface area (TPSA) is 74.6 Å². The smallest absolute Gasteiger partial charge is 0.212 e. The van der Waals surface area contributed by atoms with E-state index in [1.54, 1.807) is 6.92 Å². The molecule has 0 rings (SSSR count). The highest BCUT2D eigenvalue weighted by molar-refractivity contribution is 5.94. The molecule has 75 valence electrons. The van der Waals surface area contributed by atoms with Gasteiger partial charge in [0.25, 0.3) is 0 Å². The molecule has 4 heteroatoms. The number of hydrogen-bond acceptors (Lipinski definition) is 4. The van der Waals surface area contributed by atoms with Crippen molar-refractivity contribution in [2.75, 3.05) is 0 Å². The molecule has 0 fully saturated rings. The minimum absolute atomic E-state index is 0.226. The predicted octanol–water partition coefficient (Wildman–Crippen LogP) is -0.177. The first-order chi connectivity index (χ1) is 6.04. The van der Waals surface area contributed by atoms with Crippen LogP contribution in [0.15, 0.2) is 0 Å². The van der Waals surface area contributed by atoms with Gasteiger partial charge in [0, 0.05) is 6.42 Å². The van der Waals surface area contributed by atoms with Crippen molar-refractivity contribution in [3.63, 3.8) is 0 Å². The molecule has 0 spiro atoms. The molecule has 0 aromatic carbocycles. The molecule has 0 bridgehead atoms. The van der Waals surface area contributed by atoms with Crippen molar-refractivity contribution in [3.8, 4) is 0 Å². The van der Waals surface area contributed by atoms with Crippen LogP contribution in [0.5, 0.6) is 0 Å². The second-order valence-corrected chi connectivity index (χ2v) is 3.04. The monoisotopic (exact) mass is 187 g/mol. The molecule has 0 saturated carbocycles. The predicted molar refractivity (Wildman–Crippen MR) is 46.8 cm³/mol. The van der Waals surface area contributed by atoms with Crippen molar-refractivity contribution in [1.82, 2.24) is 0 Å². The van der Waals surface area contributed by atoms with Crippen LogP contribution in [-0.4, -0.2) is 34.5 Å². The van der Waals surface area contributed by atoms with Crippen LogP contribution < -0.4 is 0 Å². The van der Waals surface area contributed by atoms with Crippen LogP contribution in [0.25, 0.3) is 0 Å². The molecule has 0 aliphatic rings. The second kappa shape index (κ2) is 5.83. The minimum atomic E-state index is -1.34. The summed E-state index contributed by atoms with van der Waals surface area (Å²) in [5, 5.41) is 18.2. The van der Waals surface area contributed by atoms with Gasteiger partial charge in [-0.15, -0.1) is 0 Å². The van der Waals surface area contributed by atoms with Crippen LogP contribution in [0, 0.1) is 5.92 Å². The van der Waals surface area contributed by atoms with Gasteiger partial charge in [-0.25, -0.2) is 0 Å². The molecule has 0 aromatic rings. The maximum atomic E-state index is 11.2. The van der Waals surface area contributed by atoms with Crippen LogP contribution in [0.2, 0.25) is 0 Å². The van der Waals surface area contributed by atoms with Gasteiger partial charge in [-0.2, -0.15) is 0 Å². The van der Waals surface area contributed by atoms with Gasteiger partial charge in [-0.05, 0) is 13.3 Å². The van der Waals surface area contributed by atoms with E-state index < -0.39 is 18.1 Å². The van der Waals surface area contributed by atoms with Crippen molar-refractivity contribution >= 4 is 12.1 Å². The fourth-order valence-electron chi connectivity index (χ4n) is 1.01. The molecule has 0 aromatic heterocycles. The quantitative estimate of drug-likeness (QED) is 0.566. The van der Waals surface area contributed by atoms with Gasteiger partial charge in [0.2, 0.25) is 6.29 Å². The highest BCUT2D eigenvalue weighted by Gasteiger charge is 2.29. The molecule has 0 heterocycles. The molecule has 0 aliphatic carbocycles. The Kier molecular flexibility index (Phi) is 5.50. The van der Waals surface area contributed by atoms with Crippen LogP contribution in [0.3, 0.4) is 0 Å². The number of Topliss-reactive ketones (excluding diaryl/α,β-unsaturated/α-hetero) is 1. The fourth-order valence-corrected chi connectivity index (χ4v) is 1.01. The molecule has 13 heavy (non-hydrogen) atoms. The molecular formula is C9H15O4. The average molecular weight is 187 g/mol. The first-order valence-electron chi connectivity index (χ1n) is 4.31. The van der Waals surface area contributed by atoms with Crippen molar-refractivity contribution < 1.29 is 19.8 Å². The Hall–Kier alpha value is -0.740. The zero-order valence-corrected chi connectivity index (χ0v) is 7.86. The third kappa shape index (κ3) is 3.65. The fraction of sp³-hybridized carbons (Fsp3) is 0.778. The number of hydrogen-bond donors (Lipinski definition) is 2. The first kappa shape index (κ1) is 12.3. The van der Waals surface area contributed by atoms with E-state index >= 15 is 0 Å². The van der Waals surface area contributed by atoms with Gasteiger partial charge in [-0.1, -0.05) is 6.92 Å². The summed E-state index contributed by atoms with van der Waals surface area (Å²) in [6.07, 6.45) is -0.128. The molecule has 0 aliphatic heterocycles. The summed E-state index contributed by atoms with van der Waals surface area (Å²) in [6, 6.07) is 0.